The van der Waals surface area contributed by atoms with Gasteiger partial charge in [-0.15, -0.1) is 0 Å². The summed E-state index contributed by atoms with van der Waals surface area (Å²) in [6.07, 6.45) is 1.68. The molecule has 150 valence electrons. The van der Waals surface area contributed by atoms with E-state index in [2.05, 4.69) is 5.32 Å². The number of nitrogens with zero attached hydrogens (tertiary/aromatic N) is 1. The van der Waals surface area contributed by atoms with E-state index in [0.717, 1.165) is 21.9 Å². The van der Waals surface area contributed by atoms with Gasteiger partial charge in [-0.1, -0.05) is 12.1 Å². The Morgan fingerprint density at radius 1 is 1.14 bits per heavy atom. The van der Waals surface area contributed by atoms with E-state index in [-0.39, 0.29) is 13.3 Å². The van der Waals surface area contributed by atoms with Gasteiger partial charge in [0.05, 0.1) is 19.1 Å². The van der Waals surface area contributed by atoms with Gasteiger partial charge in [0.1, 0.15) is 12.3 Å². The summed E-state index contributed by atoms with van der Waals surface area (Å²) in [5.41, 5.74) is 1.38. The second-order valence-corrected chi connectivity index (χ2v) is 8.16. The van der Waals surface area contributed by atoms with E-state index in [1.165, 1.54) is 0 Å². The minimum Gasteiger partial charge on any atom is -0.497 e. The van der Waals surface area contributed by atoms with Gasteiger partial charge in [0.25, 0.3) is 0 Å². The van der Waals surface area contributed by atoms with Crippen molar-refractivity contribution in [2.24, 2.45) is 0 Å². The van der Waals surface area contributed by atoms with Crippen LogP contribution in [0, 0.1) is 0 Å². The number of fused-ring (bicyclic) bond motifs is 1. The first kappa shape index (κ1) is 19.8. The number of benzene rings is 2. The number of nitrogens with one attached hydrogen (secondary N) is 1. The van der Waals surface area contributed by atoms with Crippen molar-refractivity contribution in [1.29, 1.82) is 0 Å². The van der Waals surface area contributed by atoms with E-state index in [0.29, 0.717) is 30.2 Å². The van der Waals surface area contributed by atoms with Crippen LogP contribution < -0.4 is 23.8 Å². The lowest BCUT2D eigenvalue weighted by molar-refractivity contribution is -0.119. The topological polar surface area (TPSA) is 94.2 Å². The molecule has 0 saturated carbocycles. The molecule has 28 heavy (non-hydrogen) atoms. The maximum Gasteiger partial charge on any atom is 0.240 e. The SMILES string of the molecule is COc1ccc(CCNC(=O)CN(c2ccc3c(c2)OCO3)S(C)(=O)=O)cc1. The summed E-state index contributed by atoms with van der Waals surface area (Å²) in [6.45, 7) is 0.161. The molecule has 1 aliphatic rings. The van der Waals surface area contributed by atoms with Crippen LogP contribution in [0.5, 0.6) is 17.2 Å². The van der Waals surface area contributed by atoms with Gasteiger partial charge in [-0.3, -0.25) is 9.10 Å². The minimum atomic E-state index is -3.65. The van der Waals surface area contributed by atoms with E-state index in [9.17, 15) is 13.2 Å². The standard InChI is InChI=1S/C19H22N2O6S/c1-25-16-6-3-14(4-7-16)9-10-20-19(22)12-21(28(2,23)24)15-5-8-17-18(11-15)27-13-26-17/h3-8,11H,9-10,12-13H2,1-2H3,(H,20,22). The molecule has 0 fully saturated rings. The number of ether oxygens (including phenoxy) is 3. The van der Waals surface area contributed by atoms with Crippen LogP contribution in [0.25, 0.3) is 0 Å². The minimum absolute atomic E-state index is 0.0868. The van der Waals surface area contributed by atoms with Crippen LogP contribution in [-0.2, 0) is 21.2 Å². The monoisotopic (exact) mass is 406 g/mol. The Hall–Kier alpha value is -2.94. The number of anilines is 1. The number of amides is 1. The number of sulfonamides is 1. The normalized spacial score (nSPS) is 12.5. The molecule has 0 aromatic heterocycles. The Balaban J connectivity index is 1.60. The summed E-state index contributed by atoms with van der Waals surface area (Å²) in [4.78, 5) is 12.3. The molecule has 2 aromatic carbocycles. The first-order valence-electron chi connectivity index (χ1n) is 8.64. The average Bonchev–Trinajstić information content (AvgIpc) is 3.13. The zero-order valence-electron chi connectivity index (χ0n) is 15.7. The molecule has 1 heterocycles. The Labute approximate surface area is 164 Å². The predicted octanol–water partition coefficient (Wildman–Crippen LogP) is 1.55. The lowest BCUT2D eigenvalue weighted by Crippen LogP contribution is -2.40. The molecule has 0 bridgehead atoms. The second-order valence-electron chi connectivity index (χ2n) is 6.26. The van der Waals surface area contributed by atoms with Crippen molar-refractivity contribution >= 4 is 21.6 Å². The van der Waals surface area contributed by atoms with Crippen LogP contribution in [0.4, 0.5) is 5.69 Å². The molecule has 3 rings (SSSR count). The molecule has 1 N–H and O–H groups in total. The summed E-state index contributed by atoms with van der Waals surface area (Å²) in [5, 5.41) is 2.75. The molecular formula is C19H22N2O6S. The maximum absolute atomic E-state index is 12.3. The fourth-order valence-electron chi connectivity index (χ4n) is 2.77. The number of carbonyl (C=O) groups is 1. The molecular weight excluding hydrogens is 384 g/mol. The van der Waals surface area contributed by atoms with E-state index in [4.69, 9.17) is 14.2 Å². The molecule has 0 atom stereocenters. The van der Waals surface area contributed by atoms with Crippen LogP contribution in [0.3, 0.4) is 0 Å². The maximum atomic E-state index is 12.3. The van der Waals surface area contributed by atoms with Gasteiger partial charge >= 0.3 is 0 Å². The zero-order valence-corrected chi connectivity index (χ0v) is 16.5. The molecule has 9 heteroatoms. The van der Waals surface area contributed by atoms with Crippen LogP contribution >= 0.6 is 0 Å². The highest BCUT2D eigenvalue weighted by atomic mass is 32.2. The average molecular weight is 406 g/mol. The third kappa shape index (κ3) is 4.86. The molecule has 2 aromatic rings. The van der Waals surface area contributed by atoms with Crippen molar-refractivity contribution < 1.29 is 27.4 Å². The van der Waals surface area contributed by atoms with Crippen molar-refractivity contribution in [2.45, 2.75) is 6.42 Å². The molecule has 1 amide bonds. The van der Waals surface area contributed by atoms with Crippen molar-refractivity contribution in [3.63, 3.8) is 0 Å². The van der Waals surface area contributed by atoms with Crippen molar-refractivity contribution in [1.82, 2.24) is 5.32 Å². The lowest BCUT2D eigenvalue weighted by atomic mass is 10.1. The highest BCUT2D eigenvalue weighted by molar-refractivity contribution is 7.92. The molecule has 1 aliphatic heterocycles. The van der Waals surface area contributed by atoms with Gasteiger partial charge in [0.15, 0.2) is 11.5 Å². The number of rotatable bonds is 8. The van der Waals surface area contributed by atoms with Gasteiger partial charge in [0, 0.05) is 12.6 Å². The van der Waals surface area contributed by atoms with E-state index >= 15 is 0 Å². The largest absolute Gasteiger partial charge is 0.497 e. The summed E-state index contributed by atoms with van der Waals surface area (Å²) in [5.74, 6) is 1.36. The molecule has 0 aliphatic carbocycles. The quantitative estimate of drug-likeness (QED) is 0.715. The Morgan fingerprint density at radius 3 is 2.54 bits per heavy atom. The second kappa shape index (κ2) is 8.39. The highest BCUT2D eigenvalue weighted by Gasteiger charge is 2.23. The van der Waals surface area contributed by atoms with Crippen molar-refractivity contribution in [3.8, 4) is 17.2 Å². The zero-order chi connectivity index (χ0) is 20.1. The Morgan fingerprint density at radius 2 is 1.86 bits per heavy atom. The van der Waals surface area contributed by atoms with Gasteiger partial charge in [-0.2, -0.15) is 0 Å². The smallest absolute Gasteiger partial charge is 0.240 e. The number of hydrogen-bond donors (Lipinski definition) is 1. The first-order valence-corrected chi connectivity index (χ1v) is 10.5. The van der Waals surface area contributed by atoms with Crippen LogP contribution in [0.1, 0.15) is 5.56 Å². The Bertz CT molecular complexity index is 943. The van der Waals surface area contributed by atoms with Gasteiger partial charge < -0.3 is 19.5 Å². The third-order valence-electron chi connectivity index (χ3n) is 4.23. The first-order chi connectivity index (χ1) is 13.4. The Kier molecular flexibility index (Phi) is 5.93. The van der Waals surface area contributed by atoms with Gasteiger partial charge in [-0.05, 0) is 36.2 Å². The summed E-state index contributed by atoms with van der Waals surface area (Å²) >= 11 is 0. The third-order valence-corrected chi connectivity index (χ3v) is 5.37. The van der Waals surface area contributed by atoms with Crippen LogP contribution in [0.15, 0.2) is 42.5 Å². The van der Waals surface area contributed by atoms with Crippen molar-refractivity contribution in [3.05, 3.63) is 48.0 Å². The fourth-order valence-corrected chi connectivity index (χ4v) is 3.61. The number of carbonyl (C=O) groups excluding carboxylic acids is 1. The van der Waals surface area contributed by atoms with Gasteiger partial charge in [0.2, 0.25) is 22.7 Å². The van der Waals surface area contributed by atoms with Crippen LogP contribution in [-0.4, -0.2) is 47.6 Å². The molecule has 0 unspecified atom stereocenters. The molecule has 0 radical (unpaired) electrons. The van der Waals surface area contributed by atoms with Gasteiger partial charge in [-0.25, -0.2) is 8.42 Å². The van der Waals surface area contributed by atoms with E-state index in [1.807, 2.05) is 24.3 Å². The summed E-state index contributed by atoms with van der Waals surface area (Å²) < 4.78 is 41.0. The lowest BCUT2D eigenvalue weighted by Gasteiger charge is -2.22. The predicted molar refractivity (Wildman–Crippen MR) is 104 cm³/mol. The molecule has 0 saturated heterocycles. The van der Waals surface area contributed by atoms with Crippen LogP contribution in [0.2, 0.25) is 0 Å². The molecule has 0 spiro atoms. The van der Waals surface area contributed by atoms with E-state index in [1.54, 1.807) is 25.3 Å². The van der Waals surface area contributed by atoms with E-state index < -0.39 is 15.9 Å². The number of hydrogen-bond acceptors (Lipinski definition) is 6. The number of methoxy groups -OCH3 is 1. The summed E-state index contributed by atoms with van der Waals surface area (Å²) in [7, 11) is -2.05. The fraction of sp³-hybridized carbons (Fsp3) is 0.316. The van der Waals surface area contributed by atoms with Crippen molar-refractivity contribution in [2.75, 3.05) is 37.6 Å². The highest BCUT2D eigenvalue weighted by Crippen LogP contribution is 2.36. The summed E-state index contributed by atoms with van der Waals surface area (Å²) in [6, 6.07) is 12.3. The molecule has 8 nitrogen and oxygen atoms in total.